The summed E-state index contributed by atoms with van der Waals surface area (Å²) in [6.45, 7) is 2.14. The van der Waals surface area contributed by atoms with Crippen molar-refractivity contribution in [3.05, 3.63) is 16.2 Å². The van der Waals surface area contributed by atoms with Gasteiger partial charge in [0.2, 0.25) is 10.0 Å². The summed E-state index contributed by atoms with van der Waals surface area (Å²) < 4.78 is 25.8. The van der Waals surface area contributed by atoms with E-state index in [0.717, 1.165) is 17.4 Å². The van der Waals surface area contributed by atoms with Gasteiger partial charge < -0.3 is 5.32 Å². The maximum atomic E-state index is 11.7. The molecule has 0 saturated carbocycles. The molecule has 9 heteroatoms. The van der Waals surface area contributed by atoms with Crippen LogP contribution < -0.4 is 10.0 Å². The molecule has 17 heavy (non-hydrogen) atoms. The van der Waals surface area contributed by atoms with Crippen LogP contribution in [0.2, 0.25) is 0 Å². The van der Waals surface area contributed by atoms with Crippen molar-refractivity contribution in [3.8, 4) is 0 Å². The van der Waals surface area contributed by atoms with E-state index in [9.17, 15) is 18.5 Å². The monoisotopic (exact) mass is 279 g/mol. The van der Waals surface area contributed by atoms with Gasteiger partial charge in [-0.25, -0.2) is 13.1 Å². The Labute approximate surface area is 103 Å². The first-order chi connectivity index (χ1) is 7.92. The average molecular weight is 279 g/mol. The molecule has 0 spiro atoms. The van der Waals surface area contributed by atoms with E-state index in [1.807, 2.05) is 6.92 Å². The molecule has 0 aliphatic rings. The summed E-state index contributed by atoms with van der Waals surface area (Å²) in [5.41, 5.74) is -0.227. The van der Waals surface area contributed by atoms with E-state index in [1.54, 1.807) is 0 Å². The van der Waals surface area contributed by atoms with Crippen molar-refractivity contribution in [2.45, 2.75) is 17.6 Å². The SMILES string of the molecule is CCCNS(=O)(=O)c1cc([N+](=O)[O-])c(NC)s1. The fraction of sp³-hybridized carbons (Fsp3) is 0.500. The summed E-state index contributed by atoms with van der Waals surface area (Å²) >= 11 is 0.842. The minimum absolute atomic E-state index is 0.0537. The zero-order chi connectivity index (χ0) is 13.1. The molecule has 0 radical (unpaired) electrons. The van der Waals surface area contributed by atoms with Crippen LogP contribution in [0.3, 0.4) is 0 Å². The van der Waals surface area contributed by atoms with Gasteiger partial charge in [-0.1, -0.05) is 18.3 Å². The van der Waals surface area contributed by atoms with Crippen molar-refractivity contribution in [2.75, 3.05) is 18.9 Å². The van der Waals surface area contributed by atoms with Gasteiger partial charge in [-0.3, -0.25) is 10.1 Å². The van der Waals surface area contributed by atoms with Gasteiger partial charge in [-0.15, -0.1) is 0 Å². The van der Waals surface area contributed by atoms with Crippen LogP contribution >= 0.6 is 11.3 Å². The zero-order valence-electron chi connectivity index (χ0n) is 9.39. The molecule has 0 fully saturated rings. The standard InChI is InChI=1S/C8H13N3O4S2/c1-3-4-10-17(14,15)7-5-6(11(12)13)8(9-2)16-7/h5,9-10H,3-4H2,1-2H3. The Bertz CT molecular complexity index is 509. The number of rotatable bonds is 6. The predicted molar refractivity (Wildman–Crippen MR) is 66.0 cm³/mol. The zero-order valence-corrected chi connectivity index (χ0v) is 11.0. The Kier molecular flexibility index (Phi) is 4.43. The number of hydrogen-bond acceptors (Lipinski definition) is 6. The Morgan fingerprint density at radius 1 is 1.53 bits per heavy atom. The van der Waals surface area contributed by atoms with E-state index >= 15 is 0 Å². The first-order valence-electron chi connectivity index (χ1n) is 4.88. The summed E-state index contributed by atoms with van der Waals surface area (Å²) in [6.07, 6.45) is 0.658. The number of hydrogen-bond donors (Lipinski definition) is 2. The maximum absolute atomic E-state index is 11.7. The first-order valence-corrected chi connectivity index (χ1v) is 7.18. The van der Waals surface area contributed by atoms with E-state index in [-0.39, 0.29) is 14.9 Å². The summed E-state index contributed by atoms with van der Waals surface area (Å²) in [4.78, 5) is 10.1. The van der Waals surface area contributed by atoms with Crippen LogP contribution in [0.15, 0.2) is 10.3 Å². The van der Waals surface area contributed by atoms with Crippen LogP contribution in [0.4, 0.5) is 10.7 Å². The minimum Gasteiger partial charge on any atom is -0.374 e. The quantitative estimate of drug-likeness (QED) is 0.605. The Balaban J connectivity index is 3.11. The van der Waals surface area contributed by atoms with Crippen LogP contribution in [-0.2, 0) is 10.0 Å². The van der Waals surface area contributed by atoms with Crippen LogP contribution in [0.5, 0.6) is 0 Å². The molecular formula is C8H13N3O4S2. The minimum atomic E-state index is -3.64. The third-order valence-corrected chi connectivity index (χ3v) is 5.00. The van der Waals surface area contributed by atoms with Gasteiger partial charge in [0.05, 0.1) is 4.92 Å². The molecule has 0 unspecified atom stereocenters. The number of sulfonamides is 1. The molecule has 96 valence electrons. The third-order valence-electron chi connectivity index (χ3n) is 1.92. The van der Waals surface area contributed by atoms with E-state index in [4.69, 9.17) is 0 Å². The average Bonchev–Trinajstić information content (AvgIpc) is 2.71. The number of nitrogens with one attached hydrogen (secondary N) is 2. The summed E-state index contributed by atoms with van der Waals surface area (Å²) in [5, 5.41) is 13.5. The topological polar surface area (TPSA) is 101 Å². The largest absolute Gasteiger partial charge is 0.374 e. The first kappa shape index (κ1) is 13.9. The highest BCUT2D eigenvalue weighted by Gasteiger charge is 2.25. The van der Waals surface area contributed by atoms with Crippen molar-refractivity contribution in [1.82, 2.24) is 4.72 Å². The summed E-state index contributed by atoms with van der Waals surface area (Å²) in [5.74, 6) is 0. The molecule has 0 aliphatic heterocycles. The number of anilines is 1. The van der Waals surface area contributed by atoms with Gasteiger partial charge in [0.15, 0.2) is 5.00 Å². The van der Waals surface area contributed by atoms with Crippen molar-refractivity contribution in [3.63, 3.8) is 0 Å². The lowest BCUT2D eigenvalue weighted by Crippen LogP contribution is -2.23. The van der Waals surface area contributed by atoms with Crippen molar-refractivity contribution in [1.29, 1.82) is 0 Å². The molecule has 1 rings (SSSR count). The molecule has 1 aromatic heterocycles. The molecule has 0 atom stereocenters. The smallest absolute Gasteiger partial charge is 0.304 e. The number of nitrogens with zero attached hydrogens (tertiary/aromatic N) is 1. The second-order valence-electron chi connectivity index (χ2n) is 3.18. The molecule has 0 saturated heterocycles. The highest BCUT2D eigenvalue weighted by atomic mass is 32.2. The van der Waals surface area contributed by atoms with Crippen molar-refractivity contribution < 1.29 is 13.3 Å². The molecule has 0 aliphatic carbocycles. The highest BCUT2D eigenvalue weighted by Crippen LogP contribution is 2.36. The Morgan fingerprint density at radius 3 is 2.59 bits per heavy atom. The van der Waals surface area contributed by atoms with E-state index in [1.165, 1.54) is 7.05 Å². The van der Waals surface area contributed by atoms with Crippen LogP contribution in [0.1, 0.15) is 13.3 Å². The van der Waals surface area contributed by atoms with Crippen molar-refractivity contribution in [2.24, 2.45) is 0 Å². The number of thiophene rings is 1. The van der Waals surface area contributed by atoms with Gasteiger partial charge in [-0.05, 0) is 6.42 Å². The fourth-order valence-corrected chi connectivity index (χ4v) is 3.57. The maximum Gasteiger partial charge on any atom is 0.304 e. The molecule has 7 nitrogen and oxygen atoms in total. The van der Waals surface area contributed by atoms with Crippen LogP contribution in [-0.4, -0.2) is 26.9 Å². The molecule has 0 amide bonds. The van der Waals surface area contributed by atoms with Crippen LogP contribution in [0.25, 0.3) is 0 Å². The van der Waals surface area contributed by atoms with E-state index in [2.05, 4.69) is 10.0 Å². The Morgan fingerprint density at radius 2 is 2.18 bits per heavy atom. The van der Waals surface area contributed by atoms with Crippen molar-refractivity contribution >= 4 is 32.0 Å². The lowest BCUT2D eigenvalue weighted by molar-refractivity contribution is -0.383. The normalized spacial score (nSPS) is 11.4. The summed E-state index contributed by atoms with van der Waals surface area (Å²) in [6, 6.07) is 1.06. The fourth-order valence-electron chi connectivity index (χ4n) is 1.11. The van der Waals surface area contributed by atoms with Gasteiger partial charge >= 0.3 is 5.69 Å². The van der Waals surface area contributed by atoms with Crippen LogP contribution in [0, 0.1) is 10.1 Å². The van der Waals surface area contributed by atoms with Gasteiger partial charge in [-0.2, -0.15) is 0 Å². The van der Waals surface area contributed by atoms with Gasteiger partial charge in [0.25, 0.3) is 0 Å². The lowest BCUT2D eigenvalue weighted by Gasteiger charge is -2.01. The van der Waals surface area contributed by atoms with E-state index in [0.29, 0.717) is 13.0 Å². The molecule has 1 aromatic rings. The number of nitro groups is 1. The Hall–Kier alpha value is -1.19. The second kappa shape index (κ2) is 5.43. The highest BCUT2D eigenvalue weighted by molar-refractivity contribution is 7.91. The summed E-state index contributed by atoms with van der Waals surface area (Å²) in [7, 11) is -2.13. The second-order valence-corrected chi connectivity index (χ2v) is 6.23. The lowest BCUT2D eigenvalue weighted by atomic mass is 10.5. The third kappa shape index (κ3) is 3.14. The molecule has 0 bridgehead atoms. The molecular weight excluding hydrogens is 266 g/mol. The predicted octanol–water partition coefficient (Wildman–Crippen LogP) is 1.39. The molecule has 2 N–H and O–H groups in total. The molecule has 1 heterocycles. The van der Waals surface area contributed by atoms with Gasteiger partial charge in [0, 0.05) is 19.7 Å². The molecule has 0 aromatic carbocycles. The van der Waals surface area contributed by atoms with Gasteiger partial charge in [0.1, 0.15) is 4.21 Å². The van der Waals surface area contributed by atoms with E-state index < -0.39 is 14.9 Å².